The van der Waals surface area contributed by atoms with Crippen LogP contribution >= 0.6 is 23.2 Å². The normalized spacial score (nSPS) is 10.3. The lowest BCUT2D eigenvalue weighted by molar-refractivity contribution is -0.384. The van der Waals surface area contributed by atoms with E-state index in [2.05, 4.69) is 0 Å². The summed E-state index contributed by atoms with van der Waals surface area (Å²) < 4.78 is 18.4. The standard InChI is InChI=1S/C13H8Cl2FNO3/c14-11-3-1-9(16)5-8(11)7-20-10-2-4-12(15)13(6-10)17(18)19/h1-6H,7H2. The Morgan fingerprint density at radius 1 is 1.15 bits per heavy atom. The van der Waals surface area contributed by atoms with Gasteiger partial charge in [0.25, 0.3) is 5.69 Å². The van der Waals surface area contributed by atoms with Crippen LogP contribution in [0.2, 0.25) is 10.0 Å². The van der Waals surface area contributed by atoms with Crippen LogP contribution in [-0.2, 0) is 6.61 Å². The van der Waals surface area contributed by atoms with E-state index in [4.69, 9.17) is 27.9 Å². The second-order valence-corrected chi connectivity index (χ2v) is 4.71. The summed E-state index contributed by atoms with van der Waals surface area (Å²) in [6.45, 7) is -0.00458. The Bertz CT molecular complexity index is 664. The molecule has 0 aliphatic rings. The number of benzene rings is 2. The van der Waals surface area contributed by atoms with E-state index in [9.17, 15) is 14.5 Å². The molecule has 0 heterocycles. The van der Waals surface area contributed by atoms with Crippen molar-refractivity contribution in [2.75, 3.05) is 0 Å². The number of nitro groups is 1. The minimum Gasteiger partial charge on any atom is -0.489 e. The first kappa shape index (κ1) is 14.6. The first-order chi connectivity index (χ1) is 9.47. The molecule has 4 nitrogen and oxygen atoms in total. The van der Waals surface area contributed by atoms with Crippen LogP contribution in [0.5, 0.6) is 5.75 Å². The van der Waals surface area contributed by atoms with Crippen LogP contribution in [0.4, 0.5) is 10.1 Å². The lowest BCUT2D eigenvalue weighted by Gasteiger charge is -2.08. The minimum atomic E-state index is -0.607. The molecule has 2 aromatic rings. The third kappa shape index (κ3) is 3.37. The number of hydrogen-bond donors (Lipinski definition) is 0. The maximum Gasteiger partial charge on any atom is 0.291 e. The van der Waals surface area contributed by atoms with Gasteiger partial charge in [0.1, 0.15) is 23.2 Å². The van der Waals surface area contributed by atoms with Crippen LogP contribution in [0.15, 0.2) is 36.4 Å². The first-order valence-electron chi connectivity index (χ1n) is 5.48. The molecule has 0 bridgehead atoms. The number of ether oxygens (including phenoxy) is 1. The molecule has 0 unspecified atom stereocenters. The van der Waals surface area contributed by atoms with Gasteiger partial charge >= 0.3 is 0 Å². The second-order valence-electron chi connectivity index (χ2n) is 3.89. The van der Waals surface area contributed by atoms with Crippen LogP contribution in [-0.4, -0.2) is 4.92 Å². The van der Waals surface area contributed by atoms with Gasteiger partial charge in [0.15, 0.2) is 0 Å². The second kappa shape index (κ2) is 6.07. The smallest absolute Gasteiger partial charge is 0.291 e. The van der Waals surface area contributed by atoms with Crippen molar-refractivity contribution in [2.24, 2.45) is 0 Å². The van der Waals surface area contributed by atoms with Crippen LogP contribution < -0.4 is 4.74 Å². The summed E-state index contributed by atoms with van der Waals surface area (Å²) in [5, 5.41) is 11.1. The molecule has 0 saturated heterocycles. The molecular weight excluding hydrogens is 308 g/mol. The van der Waals surface area contributed by atoms with Crippen molar-refractivity contribution in [3.63, 3.8) is 0 Å². The Labute approximate surface area is 123 Å². The average molecular weight is 316 g/mol. The third-order valence-corrected chi connectivity index (χ3v) is 3.20. The van der Waals surface area contributed by atoms with Crippen LogP contribution in [0.1, 0.15) is 5.56 Å². The predicted octanol–water partition coefficient (Wildman–Crippen LogP) is 4.62. The van der Waals surface area contributed by atoms with E-state index in [1.165, 1.54) is 36.4 Å². The molecule has 104 valence electrons. The zero-order valence-corrected chi connectivity index (χ0v) is 11.5. The van der Waals surface area contributed by atoms with Gasteiger partial charge < -0.3 is 4.74 Å². The average Bonchev–Trinajstić information content (AvgIpc) is 2.41. The lowest BCUT2D eigenvalue weighted by Crippen LogP contribution is -1.98. The maximum absolute atomic E-state index is 13.1. The van der Waals surface area contributed by atoms with Gasteiger partial charge in [-0.3, -0.25) is 10.1 Å². The molecule has 2 aromatic carbocycles. The topological polar surface area (TPSA) is 52.4 Å². The maximum atomic E-state index is 13.1. The molecule has 0 amide bonds. The Kier molecular flexibility index (Phi) is 4.42. The van der Waals surface area contributed by atoms with Crippen molar-refractivity contribution in [1.29, 1.82) is 0 Å². The van der Waals surface area contributed by atoms with Gasteiger partial charge in [0.2, 0.25) is 0 Å². The number of hydrogen-bond acceptors (Lipinski definition) is 3. The minimum absolute atomic E-state index is 0.00458. The Morgan fingerprint density at radius 3 is 2.55 bits per heavy atom. The van der Waals surface area contributed by atoms with Gasteiger partial charge in [-0.2, -0.15) is 0 Å². The first-order valence-corrected chi connectivity index (χ1v) is 6.23. The number of rotatable bonds is 4. The molecule has 0 aliphatic heterocycles. The monoisotopic (exact) mass is 315 g/mol. The summed E-state index contributed by atoms with van der Waals surface area (Å²) in [5.41, 5.74) is 0.193. The third-order valence-electron chi connectivity index (χ3n) is 2.52. The fourth-order valence-corrected chi connectivity index (χ4v) is 1.90. The molecule has 7 heteroatoms. The predicted molar refractivity (Wildman–Crippen MR) is 73.8 cm³/mol. The molecule has 0 saturated carbocycles. The summed E-state index contributed by atoms with van der Waals surface area (Å²) in [4.78, 5) is 10.1. The van der Waals surface area contributed by atoms with Crippen molar-refractivity contribution >= 4 is 28.9 Å². The molecule has 0 aliphatic carbocycles. The number of halogens is 3. The van der Waals surface area contributed by atoms with Crippen LogP contribution in [0.25, 0.3) is 0 Å². The summed E-state index contributed by atoms with van der Waals surface area (Å²) in [7, 11) is 0. The van der Waals surface area contributed by atoms with E-state index >= 15 is 0 Å². The highest BCUT2D eigenvalue weighted by Crippen LogP contribution is 2.29. The van der Waals surface area contributed by atoms with Gasteiger partial charge in [-0.1, -0.05) is 23.2 Å². The van der Waals surface area contributed by atoms with Gasteiger partial charge in [-0.25, -0.2) is 4.39 Å². The summed E-state index contributed by atoms with van der Waals surface area (Å²) >= 11 is 11.6. The summed E-state index contributed by atoms with van der Waals surface area (Å²) in [6, 6.07) is 7.95. The Hall–Kier alpha value is -1.85. The van der Waals surface area contributed by atoms with Gasteiger partial charge in [0.05, 0.1) is 11.0 Å². The van der Waals surface area contributed by atoms with E-state index in [0.717, 1.165) is 0 Å². The lowest BCUT2D eigenvalue weighted by atomic mass is 10.2. The number of nitro benzene ring substituents is 1. The molecule has 0 fully saturated rings. The Balaban J connectivity index is 2.17. The van der Waals surface area contributed by atoms with Gasteiger partial charge in [0, 0.05) is 10.6 Å². The van der Waals surface area contributed by atoms with Crippen LogP contribution in [0.3, 0.4) is 0 Å². The van der Waals surface area contributed by atoms with Crippen molar-refractivity contribution in [1.82, 2.24) is 0 Å². The van der Waals surface area contributed by atoms with Crippen LogP contribution in [0, 0.1) is 15.9 Å². The largest absolute Gasteiger partial charge is 0.489 e. The van der Waals surface area contributed by atoms with E-state index in [1.54, 1.807) is 0 Å². The fourth-order valence-electron chi connectivity index (χ4n) is 1.54. The van der Waals surface area contributed by atoms with Crippen molar-refractivity contribution in [2.45, 2.75) is 6.61 Å². The van der Waals surface area contributed by atoms with E-state index in [-0.39, 0.29) is 23.1 Å². The molecule has 0 N–H and O–H groups in total. The van der Waals surface area contributed by atoms with Crippen molar-refractivity contribution in [3.8, 4) is 5.75 Å². The SMILES string of the molecule is O=[N+]([O-])c1cc(OCc2cc(F)ccc2Cl)ccc1Cl. The van der Waals surface area contributed by atoms with E-state index in [0.29, 0.717) is 10.6 Å². The van der Waals surface area contributed by atoms with Crippen molar-refractivity contribution < 1.29 is 14.1 Å². The number of nitrogens with zero attached hydrogens (tertiary/aromatic N) is 1. The molecule has 0 atom stereocenters. The molecule has 0 aromatic heterocycles. The zero-order chi connectivity index (χ0) is 14.7. The molecule has 0 spiro atoms. The van der Waals surface area contributed by atoms with Gasteiger partial charge in [-0.05, 0) is 30.3 Å². The quantitative estimate of drug-likeness (QED) is 0.611. The summed E-state index contributed by atoms with van der Waals surface area (Å²) in [5.74, 6) is -0.184. The fraction of sp³-hybridized carbons (Fsp3) is 0.0769. The molecule has 20 heavy (non-hydrogen) atoms. The highest BCUT2D eigenvalue weighted by Gasteiger charge is 2.13. The Morgan fingerprint density at radius 2 is 1.85 bits per heavy atom. The molecular formula is C13H8Cl2FNO3. The molecule has 0 radical (unpaired) electrons. The summed E-state index contributed by atoms with van der Waals surface area (Å²) in [6.07, 6.45) is 0. The van der Waals surface area contributed by atoms with Crippen molar-refractivity contribution in [3.05, 3.63) is 67.9 Å². The highest BCUT2D eigenvalue weighted by molar-refractivity contribution is 6.32. The van der Waals surface area contributed by atoms with Gasteiger partial charge in [-0.15, -0.1) is 0 Å². The molecule has 2 rings (SSSR count). The highest BCUT2D eigenvalue weighted by atomic mass is 35.5. The van der Waals surface area contributed by atoms with E-state index in [1.807, 2.05) is 0 Å². The zero-order valence-electron chi connectivity index (χ0n) is 9.98. The van der Waals surface area contributed by atoms with E-state index < -0.39 is 10.7 Å².